The third-order valence-electron chi connectivity index (χ3n) is 3.85. The maximum absolute atomic E-state index is 6.24. The zero-order valence-electron chi connectivity index (χ0n) is 12.3. The number of anilines is 2. The molecule has 21 heavy (non-hydrogen) atoms. The zero-order chi connectivity index (χ0) is 15.0. The Balaban J connectivity index is 2.20. The largest absolute Gasteiger partial charge is 0.334 e. The van der Waals surface area contributed by atoms with E-state index in [-0.39, 0.29) is 5.54 Å². The molecule has 0 spiro atoms. The van der Waals surface area contributed by atoms with E-state index in [0.717, 1.165) is 11.4 Å². The number of hydrogen-bond donors (Lipinski definition) is 1. The number of nitrogens with two attached hydrogens (primary N) is 1. The number of para-hydroxylation sites is 1. The van der Waals surface area contributed by atoms with Gasteiger partial charge < -0.3 is 10.6 Å². The van der Waals surface area contributed by atoms with Crippen LogP contribution in [0.15, 0.2) is 52.3 Å². The van der Waals surface area contributed by atoms with Gasteiger partial charge in [-0.15, -0.1) is 0 Å². The molecule has 0 bridgehead atoms. The van der Waals surface area contributed by atoms with Crippen molar-refractivity contribution in [2.75, 3.05) is 11.4 Å². The van der Waals surface area contributed by atoms with Gasteiger partial charge in [0.15, 0.2) is 0 Å². The van der Waals surface area contributed by atoms with E-state index in [0.29, 0.717) is 6.54 Å². The molecule has 0 amide bonds. The lowest BCUT2D eigenvalue weighted by Gasteiger charge is -2.44. The second kappa shape index (κ2) is 5.56. The molecule has 0 aromatic heterocycles. The minimum atomic E-state index is -0.0642. The Bertz CT molecular complexity index is 670. The molecule has 0 radical (unpaired) electrons. The summed E-state index contributed by atoms with van der Waals surface area (Å²) in [4.78, 5) is 4.90. The third kappa shape index (κ3) is 2.66. The Morgan fingerprint density at radius 1 is 1.10 bits per heavy atom. The molecule has 1 aliphatic rings. The van der Waals surface area contributed by atoms with E-state index >= 15 is 0 Å². The van der Waals surface area contributed by atoms with Crippen LogP contribution in [0.5, 0.6) is 0 Å². The Kier molecular flexibility index (Phi) is 3.91. The van der Waals surface area contributed by atoms with Crippen molar-refractivity contribution in [2.24, 2.45) is 5.73 Å². The van der Waals surface area contributed by atoms with Crippen LogP contribution in [0, 0.1) is 0 Å². The minimum Gasteiger partial charge on any atom is -0.334 e. The molecular weight excluding hydrogens is 300 g/mol. The molecule has 110 valence electrons. The van der Waals surface area contributed by atoms with Gasteiger partial charge in [0.1, 0.15) is 0 Å². The van der Waals surface area contributed by atoms with Gasteiger partial charge in [-0.2, -0.15) is 0 Å². The van der Waals surface area contributed by atoms with Crippen LogP contribution in [0.1, 0.15) is 20.3 Å². The predicted molar refractivity (Wildman–Crippen MR) is 91.9 cm³/mol. The quantitative estimate of drug-likeness (QED) is 0.856. The molecule has 2 aromatic rings. The maximum atomic E-state index is 6.24. The maximum Gasteiger partial charge on any atom is 0.0572 e. The Morgan fingerprint density at radius 2 is 1.81 bits per heavy atom. The first-order valence-electron chi connectivity index (χ1n) is 7.10. The van der Waals surface area contributed by atoms with Crippen LogP contribution >= 0.6 is 23.4 Å². The summed E-state index contributed by atoms with van der Waals surface area (Å²) in [6.45, 7) is 5.13. The molecular formula is C17H19ClN2S. The van der Waals surface area contributed by atoms with Crippen LogP contribution in [-0.4, -0.2) is 12.1 Å². The molecule has 0 atom stereocenters. The number of fused-ring (bicyclic) bond motifs is 2. The lowest BCUT2D eigenvalue weighted by molar-refractivity contribution is 0.468. The second-order valence-corrected chi connectivity index (χ2v) is 7.39. The predicted octanol–water partition coefficient (Wildman–Crippen LogP) is 5.07. The van der Waals surface area contributed by atoms with Gasteiger partial charge in [0.25, 0.3) is 0 Å². The molecule has 1 aliphatic heterocycles. The van der Waals surface area contributed by atoms with Crippen LogP contribution in [0.2, 0.25) is 5.02 Å². The van der Waals surface area contributed by atoms with E-state index in [1.165, 1.54) is 21.2 Å². The van der Waals surface area contributed by atoms with Crippen molar-refractivity contribution in [2.45, 2.75) is 35.6 Å². The van der Waals surface area contributed by atoms with E-state index in [1.807, 2.05) is 6.07 Å². The smallest absolute Gasteiger partial charge is 0.0572 e. The van der Waals surface area contributed by atoms with Gasteiger partial charge in [0, 0.05) is 20.4 Å². The first kappa shape index (κ1) is 14.8. The first-order valence-corrected chi connectivity index (χ1v) is 8.29. The molecule has 0 saturated carbocycles. The van der Waals surface area contributed by atoms with E-state index < -0.39 is 0 Å². The summed E-state index contributed by atoms with van der Waals surface area (Å²) in [5.74, 6) is 0. The Morgan fingerprint density at radius 3 is 2.57 bits per heavy atom. The average Bonchev–Trinajstić information content (AvgIpc) is 2.44. The summed E-state index contributed by atoms with van der Waals surface area (Å²) in [5, 5.41) is 0.766. The number of benzene rings is 2. The van der Waals surface area contributed by atoms with Crippen LogP contribution in [0.3, 0.4) is 0 Å². The first-order chi connectivity index (χ1) is 10.0. The van der Waals surface area contributed by atoms with E-state index in [2.05, 4.69) is 55.1 Å². The molecule has 0 fully saturated rings. The molecule has 4 heteroatoms. The fraction of sp³-hybridized carbons (Fsp3) is 0.294. The van der Waals surface area contributed by atoms with Crippen molar-refractivity contribution in [3.63, 3.8) is 0 Å². The molecule has 2 nitrogen and oxygen atoms in total. The molecule has 1 heterocycles. The zero-order valence-corrected chi connectivity index (χ0v) is 13.8. The van der Waals surface area contributed by atoms with E-state index in [4.69, 9.17) is 17.3 Å². The van der Waals surface area contributed by atoms with Crippen molar-refractivity contribution in [1.29, 1.82) is 0 Å². The number of hydrogen-bond acceptors (Lipinski definition) is 3. The molecule has 0 unspecified atom stereocenters. The average molecular weight is 319 g/mol. The SMILES string of the molecule is CC(C)(CCN)N1c2ccccc2Sc2ccc(Cl)cc21. The molecule has 0 saturated heterocycles. The van der Waals surface area contributed by atoms with Crippen molar-refractivity contribution in [1.82, 2.24) is 0 Å². The highest BCUT2D eigenvalue weighted by Gasteiger charge is 2.33. The highest BCUT2D eigenvalue weighted by molar-refractivity contribution is 7.99. The van der Waals surface area contributed by atoms with Crippen LogP contribution in [0.4, 0.5) is 11.4 Å². The van der Waals surface area contributed by atoms with Gasteiger partial charge in [0.05, 0.1) is 11.4 Å². The fourth-order valence-corrected chi connectivity index (χ4v) is 4.05. The van der Waals surface area contributed by atoms with E-state index in [9.17, 15) is 0 Å². The number of rotatable bonds is 3. The van der Waals surface area contributed by atoms with Gasteiger partial charge in [-0.3, -0.25) is 0 Å². The van der Waals surface area contributed by atoms with Gasteiger partial charge in [-0.1, -0.05) is 35.5 Å². The summed E-state index contributed by atoms with van der Waals surface area (Å²) in [5.41, 5.74) is 8.17. The topological polar surface area (TPSA) is 29.3 Å². The van der Waals surface area contributed by atoms with Crippen LogP contribution in [-0.2, 0) is 0 Å². The van der Waals surface area contributed by atoms with E-state index in [1.54, 1.807) is 11.8 Å². The van der Waals surface area contributed by atoms with Crippen LogP contribution in [0.25, 0.3) is 0 Å². The monoisotopic (exact) mass is 318 g/mol. The van der Waals surface area contributed by atoms with Crippen molar-refractivity contribution in [3.8, 4) is 0 Å². The minimum absolute atomic E-state index is 0.0642. The standard InChI is InChI=1S/C17H19ClN2S/c1-17(2,9-10-19)20-13-5-3-4-6-15(13)21-16-8-7-12(18)11-14(16)20/h3-8,11H,9-10,19H2,1-2H3. The number of halogens is 1. The third-order valence-corrected chi connectivity index (χ3v) is 5.21. The molecule has 2 N–H and O–H groups in total. The summed E-state index contributed by atoms with van der Waals surface area (Å²) < 4.78 is 0. The lowest BCUT2D eigenvalue weighted by atomic mass is 9.95. The van der Waals surface area contributed by atoms with Crippen molar-refractivity contribution < 1.29 is 0 Å². The Labute approximate surface area is 135 Å². The summed E-state index contributed by atoms with van der Waals surface area (Å²) in [7, 11) is 0. The van der Waals surface area contributed by atoms with Gasteiger partial charge in [-0.05, 0) is 57.1 Å². The van der Waals surface area contributed by atoms with Gasteiger partial charge in [-0.25, -0.2) is 0 Å². The second-order valence-electron chi connectivity index (χ2n) is 5.87. The van der Waals surface area contributed by atoms with Crippen molar-refractivity contribution >= 4 is 34.7 Å². The molecule has 3 rings (SSSR count). The summed E-state index contributed by atoms with van der Waals surface area (Å²) in [6.07, 6.45) is 0.915. The van der Waals surface area contributed by atoms with Gasteiger partial charge in [0.2, 0.25) is 0 Å². The summed E-state index contributed by atoms with van der Waals surface area (Å²) in [6, 6.07) is 14.6. The normalized spacial score (nSPS) is 13.8. The molecule has 2 aromatic carbocycles. The Hall–Kier alpha value is -1.16. The molecule has 0 aliphatic carbocycles. The fourth-order valence-electron chi connectivity index (χ4n) is 2.85. The summed E-state index contributed by atoms with van der Waals surface area (Å²) >= 11 is 8.03. The number of nitrogens with zero attached hydrogens (tertiary/aromatic N) is 1. The highest BCUT2D eigenvalue weighted by Crippen LogP contribution is 2.51. The lowest BCUT2D eigenvalue weighted by Crippen LogP contribution is -2.43. The van der Waals surface area contributed by atoms with Crippen LogP contribution < -0.4 is 10.6 Å². The highest BCUT2D eigenvalue weighted by atomic mass is 35.5. The van der Waals surface area contributed by atoms with Crippen molar-refractivity contribution in [3.05, 3.63) is 47.5 Å². The van der Waals surface area contributed by atoms with Gasteiger partial charge >= 0.3 is 0 Å².